The molecule has 3 heteroatoms. The van der Waals surface area contributed by atoms with Gasteiger partial charge in [-0.2, -0.15) is 0 Å². The standard InChI is InChI=1S/C37H69NO2/c1-7-10-13-16-19-22-25-29-35(33-34(4)28-24-21-18-15-12-9-3)36(30-26-23-20-17-14-11-8-2)40-37(39)31-27-32-38(5)6/h19-24,34-36H,7-18,25-33H2,1-6H3/b22-19-,23-20-,24-21-. The van der Waals surface area contributed by atoms with E-state index in [-0.39, 0.29) is 12.1 Å². The van der Waals surface area contributed by atoms with E-state index < -0.39 is 0 Å². The first-order valence-corrected chi connectivity index (χ1v) is 17.2. The summed E-state index contributed by atoms with van der Waals surface area (Å²) >= 11 is 0. The molecular formula is C37H69NO2. The summed E-state index contributed by atoms with van der Waals surface area (Å²) in [6, 6.07) is 0. The Morgan fingerprint density at radius 2 is 1.18 bits per heavy atom. The Morgan fingerprint density at radius 3 is 1.70 bits per heavy atom. The van der Waals surface area contributed by atoms with Gasteiger partial charge in [0.1, 0.15) is 6.10 Å². The second kappa shape index (κ2) is 29.2. The minimum atomic E-state index is -0.0117. The Morgan fingerprint density at radius 1 is 0.675 bits per heavy atom. The van der Waals surface area contributed by atoms with Gasteiger partial charge in [-0.05, 0) is 116 Å². The summed E-state index contributed by atoms with van der Waals surface area (Å²) in [5, 5.41) is 0. The first-order valence-electron chi connectivity index (χ1n) is 17.2. The van der Waals surface area contributed by atoms with Gasteiger partial charge >= 0.3 is 5.97 Å². The predicted octanol–water partition coefficient (Wildman–Crippen LogP) is 11.2. The molecule has 0 N–H and O–H groups in total. The van der Waals surface area contributed by atoms with Crippen molar-refractivity contribution in [1.82, 2.24) is 4.90 Å². The summed E-state index contributed by atoms with van der Waals surface area (Å²) < 4.78 is 6.29. The maximum atomic E-state index is 12.9. The first kappa shape index (κ1) is 38.6. The van der Waals surface area contributed by atoms with E-state index in [4.69, 9.17) is 4.74 Å². The zero-order chi connectivity index (χ0) is 29.7. The second-order valence-electron chi connectivity index (χ2n) is 12.3. The average molecular weight is 560 g/mol. The van der Waals surface area contributed by atoms with Crippen molar-refractivity contribution in [2.45, 2.75) is 162 Å². The number of allylic oxidation sites excluding steroid dienone is 6. The number of hydrogen-bond donors (Lipinski definition) is 0. The molecule has 0 radical (unpaired) electrons. The molecule has 0 amide bonds. The molecule has 0 aliphatic rings. The molecule has 3 nitrogen and oxygen atoms in total. The molecule has 3 atom stereocenters. The van der Waals surface area contributed by atoms with Crippen LogP contribution in [0.25, 0.3) is 0 Å². The molecule has 0 saturated carbocycles. The van der Waals surface area contributed by atoms with E-state index in [0.29, 0.717) is 18.3 Å². The van der Waals surface area contributed by atoms with Crippen LogP contribution in [0.2, 0.25) is 0 Å². The molecule has 0 aliphatic carbocycles. The van der Waals surface area contributed by atoms with Gasteiger partial charge in [-0.25, -0.2) is 0 Å². The van der Waals surface area contributed by atoms with E-state index in [0.717, 1.165) is 57.9 Å². The van der Waals surface area contributed by atoms with Crippen molar-refractivity contribution < 1.29 is 9.53 Å². The number of carbonyl (C=O) groups excluding carboxylic acids is 1. The number of ether oxygens (including phenoxy) is 1. The SMILES string of the molecule is CCCCC/C=C\CCC(CC(C)C/C=C\CCCCC)C(CC/C=C\CCCCC)OC(=O)CCCN(C)C. The number of rotatable bonds is 28. The van der Waals surface area contributed by atoms with Gasteiger partial charge in [0.2, 0.25) is 0 Å². The summed E-state index contributed by atoms with van der Waals surface area (Å²) in [7, 11) is 4.12. The molecular weight excluding hydrogens is 490 g/mol. The molecule has 0 spiro atoms. The zero-order valence-electron chi connectivity index (χ0n) is 27.8. The Labute approximate surface area is 251 Å². The van der Waals surface area contributed by atoms with Crippen LogP contribution in [0.3, 0.4) is 0 Å². The highest BCUT2D eigenvalue weighted by molar-refractivity contribution is 5.69. The number of carbonyl (C=O) groups is 1. The largest absolute Gasteiger partial charge is 0.462 e. The maximum absolute atomic E-state index is 12.9. The molecule has 234 valence electrons. The number of hydrogen-bond acceptors (Lipinski definition) is 3. The van der Waals surface area contributed by atoms with Crippen LogP contribution in [0.1, 0.15) is 156 Å². The molecule has 0 bridgehead atoms. The van der Waals surface area contributed by atoms with Crippen molar-refractivity contribution in [3.05, 3.63) is 36.5 Å². The van der Waals surface area contributed by atoms with Crippen LogP contribution in [0.5, 0.6) is 0 Å². The first-order chi connectivity index (χ1) is 19.4. The van der Waals surface area contributed by atoms with E-state index in [1.54, 1.807) is 0 Å². The lowest BCUT2D eigenvalue weighted by molar-refractivity contribution is -0.153. The van der Waals surface area contributed by atoms with Crippen LogP contribution < -0.4 is 0 Å². The molecule has 0 fully saturated rings. The molecule has 0 rings (SSSR count). The minimum absolute atomic E-state index is 0.0108. The second-order valence-corrected chi connectivity index (χ2v) is 12.3. The molecule has 40 heavy (non-hydrogen) atoms. The Balaban J connectivity index is 5.31. The third kappa shape index (κ3) is 25.6. The van der Waals surface area contributed by atoms with E-state index >= 15 is 0 Å². The smallest absolute Gasteiger partial charge is 0.306 e. The molecule has 3 unspecified atom stereocenters. The molecule has 0 aromatic rings. The van der Waals surface area contributed by atoms with E-state index in [9.17, 15) is 4.79 Å². The average Bonchev–Trinajstić information content (AvgIpc) is 2.92. The van der Waals surface area contributed by atoms with Crippen LogP contribution in [0.15, 0.2) is 36.5 Å². The van der Waals surface area contributed by atoms with Crippen molar-refractivity contribution in [3.8, 4) is 0 Å². The zero-order valence-corrected chi connectivity index (χ0v) is 27.8. The summed E-state index contributed by atoms with van der Waals surface area (Å²) in [6.45, 7) is 10.1. The minimum Gasteiger partial charge on any atom is -0.462 e. The van der Waals surface area contributed by atoms with Crippen molar-refractivity contribution in [3.63, 3.8) is 0 Å². The predicted molar refractivity (Wildman–Crippen MR) is 178 cm³/mol. The number of nitrogens with zero attached hydrogens (tertiary/aromatic N) is 1. The van der Waals surface area contributed by atoms with Crippen molar-refractivity contribution in [2.75, 3.05) is 20.6 Å². The molecule has 0 aliphatic heterocycles. The highest BCUT2D eigenvalue weighted by atomic mass is 16.5. The van der Waals surface area contributed by atoms with E-state index in [2.05, 4.69) is 83.1 Å². The number of unbranched alkanes of at least 4 members (excludes halogenated alkanes) is 9. The summed E-state index contributed by atoms with van der Waals surface area (Å²) in [5.41, 5.74) is 0. The van der Waals surface area contributed by atoms with Crippen molar-refractivity contribution in [2.24, 2.45) is 11.8 Å². The van der Waals surface area contributed by atoms with Gasteiger partial charge in [0.15, 0.2) is 0 Å². The molecule has 0 saturated heterocycles. The van der Waals surface area contributed by atoms with Gasteiger partial charge in [-0.15, -0.1) is 0 Å². The lowest BCUT2D eigenvalue weighted by atomic mass is 9.84. The number of esters is 1. The summed E-state index contributed by atoms with van der Waals surface area (Å²) in [4.78, 5) is 15.1. The van der Waals surface area contributed by atoms with E-state index in [1.807, 2.05) is 0 Å². The van der Waals surface area contributed by atoms with Gasteiger partial charge in [-0.1, -0.05) is 103 Å². The van der Waals surface area contributed by atoms with Crippen LogP contribution in [0, 0.1) is 11.8 Å². The summed E-state index contributed by atoms with van der Waals surface area (Å²) in [5.74, 6) is 0.998. The maximum Gasteiger partial charge on any atom is 0.306 e. The van der Waals surface area contributed by atoms with Crippen LogP contribution in [-0.2, 0) is 9.53 Å². The fourth-order valence-corrected chi connectivity index (χ4v) is 5.25. The Hall–Kier alpha value is -1.35. The normalized spacial score (nSPS) is 14.6. The van der Waals surface area contributed by atoms with Crippen molar-refractivity contribution >= 4 is 5.97 Å². The quantitative estimate of drug-likeness (QED) is 0.0542. The van der Waals surface area contributed by atoms with Crippen LogP contribution in [-0.4, -0.2) is 37.6 Å². The third-order valence-electron chi connectivity index (χ3n) is 7.78. The van der Waals surface area contributed by atoms with Gasteiger partial charge in [0.05, 0.1) is 0 Å². The van der Waals surface area contributed by atoms with E-state index in [1.165, 1.54) is 70.6 Å². The monoisotopic (exact) mass is 560 g/mol. The third-order valence-corrected chi connectivity index (χ3v) is 7.78. The fraction of sp³-hybridized carbons (Fsp3) is 0.811. The highest BCUT2D eigenvalue weighted by Crippen LogP contribution is 2.29. The lowest BCUT2D eigenvalue weighted by Gasteiger charge is -2.29. The Kier molecular flexibility index (Phi) is 28.2. The summed E-state index contributed by atoms with van der Waals surface area (Å²) in [6.07, 6.45) is 37.1. The highest BCUT2D eigenvalue weighted by Gasteiger charge is 2.26. The molecule has 0 aromatic carbocycles. The van der Waals surface area contributed by atoms with Crippen molar-refractivity contribution in [1.29, 1.82) is 0 Å². The topological polar surface area (TPSA) is 29.5 Å². The van der Waals surface area contributed by atoms with Crippen LogP contribution in [0.4, 0.5) is 0 Å². The lowest BCUT2D eigenvalue weighted by Crippen LogP contribution is -2.29. The molecule has 0 aromatic heterocycles. The fourth-order valence-electron chi connectivity index (χ4n) is 5.25. The van der Waals surface area contributed by atoms with Gasteiger partial charge < -0.3 is 9.64 Å². The molecule has 0 heterocycles. The van der Waals surface area contributed by atoms with Crippen LogP contribution >= 0.6 is 0 Å². The van der Waals surface area contributed by atoms with Gasteiger partial charge in [-0.3, -0.25) is 4.79 Å². The Bertz CT molecular complexity index is 636. The van der Waals surface area contributed by atoms with Gasteiger partial charge in [0, 0.05) is 6.42 Å². The van der Waals surface area contributed by atoms with Gasteiger partial charge in [0.25, 0.3) is 0 Å².